The normalized spacial score (nSPS) is 14.1. The Hall–Kier alpha value is -4.98. The molecular weight excluding hydrogens is 564 g/mol. The number of aryl methyl sites for hydroxylation is 1. The van der Waals surface area contributed by atoms with Gasteiger partial charge in [-0.15, -0.1) is 0 Å². The highest BCUT2D eigenvalue weighted by Crippen LogP contribution is 2.34. The number of carbonyl (C=O) groups is 1. The number of aliphatic hydroxyl groups excluding tert-OH is 1. The summed E-state index contributed by atoms with van der Waals surface area (Å²) in [6.45, 7) is 9.19. The minimum atomic E-state index is -0.559. The second-order valence-corrected chi connectivity index (χ2v) is 11.9. The zero-order valence-electron chi connectivity index (χ0n) is 25.4. The van der Waals surface area contributed by atoms with E-state index in [4.69, 9.17) is 9.84 Å². The van der Waals surface area contributed by atoms with Gasteiger partial charge in [0, 0.05) is 62.5 Å². The van der Waals surface area contributed by atoms with Gasteiger partial charge in [-0.2, -0.15) is 5.10 Å². The molecule has 0 radical (unpaired) electrons. The minimum Gasteiger partial charge on any atom is -0.444 e. The summed E-state index contributed by atoms with van der Waals surface area (Å²) < 4.78 is 11.0. The first-order valence-corrected chi connectivity index (χ1v) is 14.5. The lowest BCUT2D eigenvalue weighted by molar-refractivity contribution is 0.0199. The lowest BCUT2D eigenvalue weighted by atomic mass is 10.2. The van der Waals surface area contributed by atoms with Crippen LogP contribution in [-0.2, 0) is 24.9 Å². The van der Waals surface area contributed by atoms with Gasteiger partial charge in [-0.05, 0) is 52.3 Å². The fourth-order valence-electron chi connectivity index (χ4n) is 5.34. The number of hydrogen-bond acceptors (Lipinski definition) is 9. The van der Waals surface area contributed by atoms with Gasteiger partial charge in [0.25, 0.3) is 5.56 Å². The van der Waals surface area contributed by atoms with Gasteiger partial charge in [0.2, 0.25) is 0 Å². The molecule has 0 saturated carbocycles. The fourth-order valence-corrected chi connectivity index (χ4v) is 5.34. The van der Waals surface area contributed by atoms with Crippen molar-refractivity contribution in [2.75, 3.05) is 18.5 Å². The number of aromatic amines is 1. The Morgan fingerprint density at radius 1 is 1.18 bits per heavy atom. The third-order valence-electron chi connectivity index (χ3n) is 7.56. The zero-order valence-corrected chi connectivity index (χ0v) is 25.4. The van der Waals surface area contributed by atoms with Gasteiger partial charge in [0.1, 0.15) is 28.5 Å². The Morgan fingerprint density at radius 2 is 2.00 bits per heavy atom. The predicted molar refractivity (Wildman–Crippen MR) is 164 cm³/mol. The molecule has 14 nitrogen and oxygen atoms in total. The molecule has 5 aromatic heterocycles. The number of amides is 1. The van der Waals surface area contributed by atoms with E-state index in [0.717, 1.165) is 28.0 Å². The SMILES string of the molecule is C[C@@H](CCO)n1nc(-c2ccc3n2CCN(C(=O)OC(C)(C)C)C3)c2cnc(Nc3ccnc(-c4c[nH]n(C)c4=O)n3)cc21. The summed E-state index contributed by atoms with van der Waals surface area (Å²) in [5.74, 6) is 1.32. The van der Waals surface area contributed by atoms with E-state index in [9.17, 15) is 14.7 Å². The summed E-state index contributed by atoms with van der Waals surface area (Å²) in [6, 6.07) is 7.57. The van der Waals surface area contributed by atoms with Gasteiger partial charge < -0.3 is 29.7 Å². The highest BCUT2D eigenvalue weighted by atomic mass is 16.6. The lowest BCUT2D eigenvalue weighted by Crippen LogP contribution is -2.41. The van der Waals surface area contributed by atoms with Crippen molar-refractivity contribution in [2.45, 2.75) is 58.8 Å². The number of nitrogens with zero attached hydrogens (tertiary/aromatic N) is 8. The maximum absolute atomic E-state index is 12.7. The number of rotatable bonds is 7. The molecule has 0 aliphatic carbocycles. The predicted octanol–water partition coefficient (Wildman–Crippen LogP) is 3.82. The summed E-state index contributed by atoms with van der Waals surface area (Å²) in [5, 5.41) is 21.6. The fraction of sp³-hybridized carbons (Fsp3) is 0.400. The molecule has 1 atom stereocenters. The summed E-state index contributed by atoms with van der Waals surface area (Å²) in [6.07, 6.45) is 5.14. The van der Waals surface area contributed by atoms with Crippen molar-refractivity contribution in [1.82, 2.24) is 44.0 Å². The van der Waals surface area contributed by atoms with Crippen LogP contribution < -0.4 is 10.9 Å². The largest absolute Gasteiger partial charge is 0.444 e. The van der Waals surface area contributed by atoms with Crippen LogP contribution in [0.5, 0.6) is 0 Å². The molecular formula is C30H36N10O4. The first-order chi connectivity index (χ1) is 21.0. The van der Waals surface area contributed by atoms with Gasteiger partial charge >= 0.3 is 6.09 Å². The van der Waals surface area contributed by atoms with E-state index >= 15 is 0 Å². The average molecular weight is 601 g/mol. The molecule has 6 rings (SSSR count). The van der Waals surface area contributed by atoms with Crippen molar-refractivity contribution in [1.29, 1.82) is 0 Å². The number of pyridine rings is 1. The van der Waals surface area contributed by atoms with Gasteiger partial charge in [0.05, 0.1) is 23.8 Å². The Labute approximate surface area is 253 Å². The first kappa shape index (κ1) is 29.1. The molecule has 1 aliphatic rings. The smallest absolute Gasteiger partial charge is 0.410 e. The number of anilines is 2. The topological polar surface area (TPSA) is 161 Å². The summed E-state index contributed by atoms with van der Waals surface area (Å²) in [5.41, 5.74) is 3.12. The standard InChI is InChI=1S/C30H36N10O4/c1-18(9-13-41)40-23-14-25(34-24-8-10-31-27(35-24)21-16-33-37(5)28(21)42)32-15-20(23)26(36-40)22-7-6-19-17-38(11-12-39(19)22)29(43)44-30(2,3)4/h6-8,10,14-16,18,33,41H,9,11-13,17H2,1-5H3,(H,31,32,34,35)/t18-/m0/s1. The van der Waals surface area contributed by atoms with Crippen LogP contribution in [0.1, 0.15) is 45.9 Å². The van der Waals surface area contributed by atoms with Crippen molar-refractivity contribution >= 4 is 28.6 Å². The summed E-state index contributed by atoms with van der Waals surface area (Å²) in [4.78, 5) is 40.3. The zero-order chi connectivity index (χ0) is 31.2. The minimum absolute atomic E-state index is 0.0252. The first-order valence-electron chi connectivity index (χ1n) is 14.5. The van der Waals surface area contributed by atoms with Crippen LogP contribution in [0, 0.1) is 0 Å². The van der Waals surface area contributed by atoms with E-state index in [-0.39, 0.29) is 24.3 Å². The molecule has 0 aromatic carbocycles. The molecule has 14 heteroatoms. The van der Waals surface area contributed by atoms with Crippen LogP contribution in [0.25, 0.3) is 33.7 Å². The second-order valence-electron chi connectivity index (χ2n) is 11.9. The Morgan fingerprint density at radius 3 is 2.73 bits per heavy atom. The highest BCUT2D eigenvalue weighted by molar-refractivity contribution is 5.93. The van der Waals surface area contributed by atoms with Crippen molar-refractivity contribution in [2.24, 2.45) is 7.05 Å². The number of nitrogens with one attached hydrogen (secondary N) is 2. The highest BCUT2D eigenvalue weighted by Gasteiger charge is 2.28. The van der Waals surface area contributed by atoms with E-state index in [1.807, 2.05) is 50.6 Å². The summed E-state index contributed by atoms with van der Waals surface area (Å²) in [7, 11) is 1.63. The van der Waals surface area contributed by atoms with Crippen LogP contribution >= 0.6 is 0 Å². The Kier molecular flexibility index (Phi) is 7.45. The maximum atomic E-state index is 12.7. The van der Waals surface area contributed by atoms with Crippen LogP contribution in [-0.4, -0.2) is 73.9 Å². The number of fused-ring (bicyclic) bond motifs is 2. The van der Waals surface area contributed by atoms with Crippen LogP contribution in [0.15, 0.2) is 47.7 Å². The number of ether oxygens (including phenoxy) is 1. The molecule has 44 heavy (non-hydrogen) atoms. The molecule has 0 fully saturated rings. The molecule has 1 amide bonds. The maximum Gasteiger partial charge on any atom is 0.410 e. The number of H-pyrrole nitrogens is 1. The second kappa shape index (κ2) is 11.3. The monoisotopic (exact) mass is 600 g/mol. The van der Waals surface area contributed by atoms with Crippen LogP contribution in [0.2, 0.25) is 0 Å². The van der Waals surface area contributed by atoms with Gasteiger partial charge in [-0.3, -0.25) is 14.2 Å². The quantitative estimate of drug-likeness (QED) is 0.252. The van der Waals surface area contributed by atoms with E-state index in [1.165, 1.54) is 4.68 Å². The number of aliphatic hydroxyl groups is 1. The Bertz CT molecular complexity index is 1890. The number of aromatic nitrogens is 8. The molecule has 230 valence electrons. The van der Waals surface area contributed by atoms with Gasteiger partial charge in [0.15, 0.2) is 5.82 Å². The molecule has 0 spiro atoms. The van der Waals surface area contributed by atoms with Gasteiger partial charge in [-0.1, -0.05) is 0 Å². The molecule has 5 aromatic rings. The van der Waals surface area contributed by atoms with Gasteiger partial charge in [-0.25, -0.2) is 19.7 Å². The number of carbonyl (C=O) groups excluding carboxylic acids is 1. The van der Waals surface area contributed by atoms with Crippen molar-refractivity contribution in [3.05, 3.63) is 58.9 Å². The average Bonchev–Trinajstić information content (AvgIpc) is 3.67. The Balaban J connectivity index is 1.33. The molecule has 0 saturated heterocycles. The molecule has 3 N–H and O–H groups in total. The van der Waals surface area contributed by atoms with Crippen molar-refractivity contribution in [3.63, 3.8) is 0 Å². The lowest BCUT2D eigenvalue weighted by Gasteiger charge is -2.31. The van der Waals surface area contributed by atoms with E-state index in [0.29, 0.717) is 49.1 Å². The van der Waals surface area contributed by atoms with Crippen molar-refractivity contribution in [3.8, 4) is 22.8 Å². The van der Waals surface area contributed by atoms with Crippen molar-refractivity contribution < 1.29 is 14.6 Å². The third-order valence-corrected chi connectivity index (χ3v) is 7.56. The molecule has 1 aliphatic heterocycles. The van der Waals surface area contributed by atoms with Crippen LogP contribution in [0.3, 0.4) is 0 Å². The van der Waals surface area contributed by atoms with E-state index in [2.05, 4.69) is 29.9 Å². The molecule has 0 bridgehead atoms. The molecule has 6 heterocycles. The van der Waals surface area contributed by atoms with E-state index in [1.54, 1.807) is 36.6 Å². The van der Waals surface area contributed by atoms with Crippen LogP contribution in [0.4, 0.5) is 16.4 Å². The summed E-state index contributed by atoms with van der Waals surface area (Å²) >= 11 is 0. The number of hydrogen-bond donors (Lipinski definition) is 3. The van der Waals surface area contributed by atoms with E-state index < -0.39 is 5.60 Å². The third kappa shape index (κ3) is 5.55. The molecule has 0 unspecified atom stereocenters.